The van der Waals surface area contributed by atoms with Crippen molar-refractivity contribution in [3.8, 4) is 5.75 Å². The topological polar surface area (TPSA) is 75.4 Å². The molecule has 0 bridgehead atoms. The second kappa shape index (κ2) is 5.87. The fourth-order valence-electron chi connectivity index (χ4n) is 1.69. The molecule has 2 N–H and O–H groups in total. The van der Waals surface area contributed by atoms with E-state index in [0.717, 1.165) is 6.07 Å². The van der Waals surface area contributed by atoms with Crippen LogP contribution in [0.2, 0.25) is 0 Å². The van der Waals surface area contributed by atoms with E-state index in [9.17, 15) is 19.6 Å². The SMILES string of the molecule is O=[N+]([O-])c1cc(Br)ccc1NCc1cc(F)ccc1O. The standard InChI is InChI=1S/C13H10BrFN2O3/c14-9-1-3-11(12(6-9)17(19)20)16-7-8-5-10(15)2-4-13(8)18/h1-6,16,18H,7H2. The highest BCUT2D eigenvalue weighted by Crippen LogP contribution is 2.29. The minimum Gasteiger partial charge on any atom is -0.508 e. The zero-order valence-electron chi connectivity index (χ0n) is 10.1. The van der Waals surface area contributed by atoms with Crippen molar-refractivity contribution >= 4 is 27.3 Å². The van der Waals surface area contributed by atoms with E-state index < -0.39 is 10.7 Å². The highest BCUT2D eigenvalue weighted by molar-refractivity contribution is 9.10. The van der Waals surface area contributed by atoms with Gasteiger partial charge >= 0.3 is 0 Å². The molecule has 0 atom stereocenters. The number of rotatable bonds is 4. The molecule has 0 fully saturated rings. The maximum Gasteiger partial charge on any atom is 0.293 e. The van der Waals surface area contributed by atoms with Gasteiger partial charge in [-0.1, -0.05) is 15.9 Å². The summed E-state index contributed by atoms with van der Waals surface area (Å²) < 4.78 is 13.7. The van der Waals surface area contributed by atoms with Crippen LogP contribution in [-0.2, 0) is 6.54 Å². The Labute approximate surface area is 122 Å². The molecule has 2 rings (SSSR count). The molecule has 104 valence electrons. The van der Waals surface area contributed by atoms with Crippen LogP contribution in [0.25, 0.3) is 0 Å². The first-order valence-electron chi connectivity index (χ1n) is 5.62. The van der Waals surface area contributed by atoms with Crippen LogP contribution in [0, 0.1) is 15.9 Å². The van der Waals surface area contributed by atoms with Crippen molar-refractivity contribution in [2.45, 2.75) is 6.54 Å². The van der Waals surface area contributed by atoms with Crippen LogP contribution in [-0.4, -0.2) is 10.0 Å². The molecule has 20 heavy (non-hydrogen) atoms. The third-order valence-electron chi connectivity index (χ3n) is 2.67. The maximum absolute atomic E-state index is 13.1. The van der Waals surface area contributed by atoms with Crippen molar-refractivity contribution < 1.29 is 14.4 Å². The van der Waals surface area contributed by atoms with Gasteiger partial charge in [0.05, 0.1) is 4.92 Å². The average molecular weight is 341 g/mol. The summed E-state index contributed by atoms with van der Waals surface area (Å²) in [6, 6.07) is 8.11. The number of anilines is 1. The zero-order valence-corrected chi connectivity index (χ0v) is 11.7. The van der Waals surface area contributed by atoms with Crippen molar-refractivity contribution in [1.82, 2.24) is 0 Å². The van der Waals surface area contributed by atoms with Crippen LogP contribution in [0.1, 0.15) is 5.56 Å². The van der Waals surface area contributed by atoms with Crippen LogP contribution in [0.4, 0.5) is 15.8 Å². The van der Waals surface area contributed by atoms with Gasteiger partial charge in [-0.25, -0.2) is 4.39 Å². The van der Waals surface area contributed by atoms with Crippen molar-refractivity contribution in [1.29, 1.82) is 0 Å². The predicted molar refractivity (Wildman–Crippen MR) is 76.2 cm³/mol. The van der Waals surface area contributed by atoms with Gasteiger partial charge in [0.2, 0.25) is 0 Å². The lowest BCUT2D eigenvalue weighted by molar-refractivity contribution is -0.384. The van der Waals surface area contributed by atoms with Crippen LogP contribution >= 0.6 is 15.9 Å². The van der Waals surface area contributed by atoms with Crippen molar-refractivity contribution in [3.63, 3.8) is 0 Å². The number of nitrogens with one attached hydrogen (secondary N) is 1. The molecule has 0 unspecified atom stereocenters. The van der Waals surface area contributed by atoms with Crippen LogP contribution in [0.15, 0.2) is 40.9 Å². The van der Waals surface area contributed by atoms with Gasteiger partial charge in [-0.2, -0.15) is 0 Å². The summed E-state index contributed by atoms with van der Waals surface area (Å²) in [4.78, 5) is 10.4. The van der Waals surface area contributed by atoms with Crippen molar-refractivity contribution in [2.75, 3.05) is 5.32 Å². The lowest BCUT2D eigenvalue weighted by Gasteiger charge is -2.09. The van der Waals surface area contributed by atoms with Gasteiger partial charge in [0.1, 0.15) is 17.3 Å². The summed E-state index contributed by atoms with van der Waals surface area (Å²) in [6.45, 7) is 0.0755. The Hall–Kier alpha value is -2.15. The van der Waals surface area contributed by atoms with Crippen LogP contribution in [0.3, 0.4) is 0 Å². The molecule has 0 saturated carbocycles. The summed E-state index contributed by atoms with van der Waals surface area (Å²) in [7, 11) is 0. The first-order chi connectivity index (χ1) is 9.47. The number of hydrogen-bond donors (Lipinski definition) is 2. The van der Waals surface area contributed by atoms with Gasteiger partial charge in [0, 0.05) is 22.6 Å². The van der Waals surface area contributed by atoms with Gasteiger partial charge in [0.25, 0.3) is 5.69 Å². The molecule has 0 aliphatic heterocycles. The Morgan fingerprint density at radius 3 is 2.75 bits per heavy atom. The fraction of sp³-hybridized carbons (Fsp3) is 0.0769. The number of nitrogens with zero attached hydrogens (tertiary/aromatic N) is 1. The van der Waals surface area contributed by atoms with Gasteiger partial charge in [-0.3, -0.25) is 10.1 Å². The van der Waals surface area contributed by atoms with E-state index >= 15 is 0 Å². The summed E-state index contributed by atoms with van der Waals surface area (Å²) >= 11 is 3.16. The molecule has 0 aliphatic carbocycles. The number of hydrogen-bond acceptors (Lipinski definition) is 4. The molecule has 0 amide bonds. The van der Waals surface area contributed by atoms with E-state index in [1.54, 1.807) is 12.1 Å². The number of halogens is 2. The molecular weight excluding hydrogens is 331 g/mol. The smallest absolute Gasteiger partial charge is 0.293 e. The Kier molecular flexibility index (Phi) is 4.19. The fourth-order valence-corrected chi connectivity index (χ4v) is 2.04. The normalized spacial score (nSPS) is 10.3. The van der Waals surface area contributed by atoms with Gasteiger partial charge in [0.15, 0.2) is 0 Å². The summed E-state index contributed by atoms with van der Waals surface area (Å²) in [5.41, 5.74) is 0.513. The van der Waals surface area contributed by atoms with E-state index in [1.165, 1.54) is 18.2 Å². The molecule has 2 aromatic rings. The summed E-state index contributed by atoms with van der Waals surface area (Å²) in [5, 5.41) is 23.3. The number of nitro benzene ring substituents is 1. The molecule has 2 aromatic carbocycles. The van der Waals surface area contributed by atoms with E-state index in [-0.39, 0.29) is 18.0 Å². The highest BCUT2D eigenvalue weighted by atomic mass is 79.9. The summed E-state index contributed by atoms with van der Waals surface area (Å²) in [5.74, 6) is -0.552. The first kappa shape index (κ1) is 14.3. The monoisotopic (exact) mass is 340 g/mol. The molecular formula is C13H10BrFN2O3. The average Bonchev–Trinajstić information content (AvgIpc) is 2.40. The maximum atomic E-state index is 13.1. The molecule has 0 saturated heterocycles. The Morgan fingerprint density at radius 2 is 2.05 bits per heavy atom. The summed E-state index contributed by atoms with van der Waals surface area (Å²) in [6.07, 6.45) is 0. The number of phenols is 1. The van der Waals surface area contributed by atoms with E-state index in [1.807, 2.05) is 0 Å². The second-order valence-electron chi connectivity index (χ2n) is 4.05. The molecule has 0 heterocycles. The third-order valence-corrected chi connectivity index (χ3v) is 3.16. The number of aromatic hydroxyl groups is 1. The second-order valence-corrected chi connectivity index (χ2v) is 4.96. The highest BCUT2D eigenvalue weighted by Gasteiger charge is 2.14. The largest absolute Gasteiger partial charge is 0.508 e. The molecule has 5 nitrogen and oxygen atoms in total. The molecule has 0 aromatic heterocycles. The van der Waals surface area contributed by atoms with Crippen molar-refractivity contribution in [3.05, 3.63) is 62.4 Å². The Bertz CT molecular complexity index is 664. The van der Waals surface area contributed by atoms with Crippen molar-refractivity contribution in [2.24, 2.45) is 0 Å². The molecule has 7 heteroatoms. The van der Waals surface area contributed by atoms with E-state index in [0.29, 0.717) is 15.7 Å². The van der Waals surface area contributed by atoms with E-state index in [4.69, 9.17) is 0 Å². The lowest BCUT2D eigenvalue weighted by Crippen LogP contribution is -2.03. The first-order valence-corrected chi connectivity index (χ1v) is 6.42. The number of phenolic OH excluding ortho intramolecular Hbond substituents is 1. The lowest BCUT2D eigenvalue weighted by atomic mass is 10.2. The van der Waals surface area contributed by atoms with Crippen LogP contribution in [0.5, 0.6) is 5.75 Å². The van der Waals surface area contributed by atoms with Gasteiger partial charge < -0.3 is 10.4 Å². The molecule has 0 spiro atoms. The quantitative estimate of drug-likeness (QED) is 0.655. The minimum atomic E-state index is -0.515. The van der Waals surface area contributed by atoms with E-state index in [2.05, 4.69) is 21.2 Å². The Morgan fingerprint density at radius 1 is 1.30 bits per heavy atom. The van der Waals surface area contributed by atoms with Gasteiger partial charge in [-0.05, 0) is 30.3 Å². The number of benzene rings is 2. The predicted octanol–water partition coefficient (Wildman–Crippen LogP) is 3.81. The van der Waals surface area contributed by atoms with Crippen LogP contribution < -0.4 is 5.32 Å². The zero-order chi connectivity index (χ0) is 14.7. The third kappa shape index (κ3) is 3.24. The minimum absolute atomic E-state index is 0.0707. The molecule has 0 aliphatic rings. The van der Waals surface area contributed by atoms with Gasteiger partial charge in [-0.15, -0.1) is 0 Å². The molecule has 0 radical (unpaired) electrons. The Balaban J connectivity index is 2.23. The number of nitro groups is 1.